The van der Waals surface area contributed by atoms with Gasteiger partial charge in [-0.15, -0.1) is 0 Å². The molecule has 0 saturated carbocycles. The Labute approximate surface area is 157 Å². The van der Waals surface area contributed by atoms with E-state index in [4.69, 9.17) is 36.1 Å². The largest absolute Gasteiger partial charge is 0.383 e. The van der Waals surface area contributed by atoms with Gasteiger partial charge in [0.25, 0.3) is 0 Å². The second-order valence-corrected chi connectivity index (χ2v) is 9.05. The molecule has 2 rings (SSSR count). The zero-order valence-corrected chi connectivity index (χ0v) is 17.3. The Morgan fingerprint density at radius 2 is 2.08 bits per heavy atom. The maximum Gasteiger partial charge on any atom is 0.351 e. The van der Waals surface area contributed by atoms with Gasteiger partial charge in [0.15, 0.2) is 6.23 Å². The highest BCUT2D eigenvalue weighted by Gasteiger charge is 2.57. The summed E-state index contributed by atoms with van der Waals surface area (Å²) in [5.74, 6) is 0.161. The van der Waals surface area contributed by atoms with Gasteiger partial charge in [-0.2, -0.15) is 4.98 Å². The van der Waals surface area contributed by atoms with Gasteiger partial charge >= 0.3 is 12.4 Å². The quantitative estimate of drug-likeness (QED) is 0.648. The zero-order chi connectivity index (χ0) is 19.7. The number of anilines is 1. The summed E-state index contributed by atoms with van der Waals surface area (Å²) in [6, 6.07) is 0. The third kappa shape index (κ3) is 3.87. The van der Waals surface area contributed by atoms with Gasteiger partial charge in [-0.1, -0.05) is 13.8 Å². The van der Waals surface area contributed by atoms with Crippen molar-refractivity contribution in [2.24, 2.45) is 0 Å². The highest BCUT2D eigenvalue weighted by molar-refractivity contribution is 8.07. The molecular weight excluding hydrogens is 381 g/mol. The smallest absolute Gasteiger partial charge is 0.351 e. The van der Waals surface area contributed by atoms with Gasteiger partial charge in [0.1, 0.15) is 18.0 Å². The average Bonchev–Trinajstić information content (AvgIpc) is 2.91. The molecule has 0 spiro atoms. The van der Waals surface area contributed by atoms with E-state index < -0.39 is 36.4 Å². The van der Waals surface area contributed by atoms with E-state index in [0.717, 1.165) is 0 Å². The van der Waals surface area contributed by atoms with Crippen molar-refractivity contribution < 1.29 is 23.4 Å². The maximum atomic E-state index is 12.4. The Morgan fingerprint density at radius 1 is 1.46 bits per heavy atom. The summed E-state index contributed by atoms with van der Waals surface area (Å²) in [5.41, 5.74) is 4.97. The molecule has 0 bridgehead atoms. The van der Waals surface area contributed by atoms with Crippen molar-refractivity contribution in [1.29, 1.82) is 0 Å². The summed E-state index contributed by atoms with van der Waals surface area (Å²) in [5, 5.41) is 0. The van der Waals surface area contributed by atoms with Crippen molar-refractivity contribution >= 4 is 24.3 Å². The monoisotopic (exact) mass is 407 g/mol. The van der Waals surface area contributed by atoms with Crippen LogP contribution in [0, 0.1) is 6.92 Å². The average molecular weight is 407 g/mol. The fourth-order valence-electron chi connectivity index (χ4n) is 3.20. The van der Waals surface area contributed by atoms with Crippen LogP contribution >= 0.6 is 6.72 Å². The number of aryl methyl sites for hydroxylation is 1. The van der Waals surface area contributed by atoms with E-state index in [1.807, 2.05) is 13.8 Å². The molecule has 0 aliphatic carbocycles. The first kappa shape index (κ1) is 21.4. The van der Waals surface area contributed by atoms with Crippen LogP contribution in [0.15, 0.2) is 11.0 Å². The molecule has 148 valence electrons. The standard InChI is InChI=1S/C15H26N3O6PS/c1-6-15(7-2)11(24-25(20,26)22-5)10(21-4)13(23-15)18-8-9(3)12(16)17-14(18)19/h8,10-11,13H,6-7H2,1-5H3,(H,20,26)(H2,16,17,19)/t10?,11?,13-,25?/m1/s1. The van der Waals surface area contributed by atoms with Crippen molar-refractivity contribution in [3.8, 4) is 0 Å². The van der Waals surface area contributed by atoms with E-state index in [1.165, 1.54) is 18.8 Å². The molecule has 4 atom stereocenters. The van der Waals surface area contributed by atoms with Crippen molar-refractivity contribution in [2.45, 2.75) is 57.6 Å². The minimum Gasteiger partial charge on any atom is -0.383 e. The van der Waals surface area contributed by atoms with Crippen LogP contribution in [-0.4, -0.2) is 46.5 Å². The van der Waals surface area contributed by atoms with Gasteiger partial charge in [-0.3, -0.25) is 9.09 Å². The Hall–Kier alpha value is -0.870. The lowest BCUT2D eigenvalue weighted by Crippen LogP contribution is -2.44. The number of methoxy groups -OCH3 is 1. The summed E-state index contributed by atoms with van der Waals surface area (Å²) in [4.78, 5) is 26.4. The van der Waals surface area contributed by atoms with Crippen LogP contribution in [0.3, 0.4) is 0 Å². The Balaban J connectivity index is 2.54. The normalized spacial score (nSPS) is 27.4. The highest BCUT2D eigenvalue weighted by Crippen LogP contribution is 2.53. The number of rotatable bonds is 7. The van der Waals surface area contributed by atoms with Crippen LogP contribution in [0.2, 0.25) is 0 Å². The predicted molar refractivity (Wildman–Crippen MR) is 100 cm³/mol. The number of nitrogens with zero attached hydrogens (tertiary/aromatic N) is 2. The molecule has 26 heavy (non-hydrogen) atoms. The van der Waals surface area contributed by atoms with Gasteiger partial charge < -0.3 is 24.6 Å². The summed E-state index contributed by atoms with van der Waals surface area (Å²) in [6.45, 7) is 2.12. The van der Waals surface area contributed by atoms with Crippen LogP contribution < -0.4 is 11.4 Å². The third-order valence-electron chi connectivity index (χ3n) is 4.85. The minimum atomic E-state index is -3.48. The molecule has 9 nitrogen and oxygen atoms in total. The fraction of sp³-hybridized carbons (Fsp3) is 0.733. The van der Waals surface area contributed by atoms with Gasteiger partial charge in [0.05, 0.1) is 5.60 Å². The van der Waals surface area contributed by atoms with Gasteiger partial charge in [0.2, 0.25) is 0 Å². The fourth-order valence-corrected chi connectivity index (χ4v) is 4.16. The van der Waals surface area contributed by atoms with Crippen molar-refractivity contribution in [1.82, 2.24) is 9.55 Å². The molecule has 1 aliphatic rings. The van der Waals surface area contributed by atoms with Crippen molar-refractivity contribution in [3.05, 3.63) is 22.2 Å². The molecule has 1 fully saturated rings. The van der Waals surface area contributed by atoms with E-state index in [0.29, 0.717) is 18.4 Å². The van der Waals surface area contributed by atoms with E-state index in [1.54, 1.807) is 13.1 Å². The minimum absolute atomic E-state index is 0.161. The van der Waals surface area contributed by atoms with Crippen LogP contribution in [0.25, 0.3) is 0 Å². The molecule has 0 aromatic carbocycles. The number of aromatic nitrogens is 2. The zero-order valence-electron chi connectivity index (χ0n) is 15.5. The molecular formula is C15H26N3O6PS. The predicted octanol–water partition coefficient (Wildman–Crippen LogP) is 1.48. The van der Waals surface area contributed by atoms with Crippen LogP contribution in [0.5, 0.6) is 0 Å². The first-order chi connectivity index (χ1) is 12.1. The third-order valence-corrected chi connectivity index (χ3v) is 6.51. The molecule has 2 heterocycles. The molecule has 0 radical (unpaired) electrons. The molecule has 11 heteroatoms. The van der Waals surface area contributed by atoms with E-state index in [2.05, 4.69) is 4.98 Å². The lowest BCUT2D eigenvalue weighted by atomic mass is 9.90. The van der Waals surface area contributed by atoms with Gasteiger partial charge in [-0.25, -0.2) is 4.79 Å². The first-order valence-electron chi connectivity index (χ1n) is 8.27. The van der Waals surface area contributed by atoms with E-state index in [-0.39, 0.29) is 5.82 Å². The topological polar surface area (TPSA) is 118 Å². The second kappa shape index (κ2) is 8.02. The summed E-state index contributed by atoms with van der Waals surface area (Å²) in [7, 11) is 2.77. The molecule has 0 amide bonds. The highest BCUT2D eigenvalue weighted by atomic mass is 32.5. The SMILES string of the molecule is CCC1(CC)O[C@@H](n2cc(C)c(N)nc2=O)C(OC)C1OP(O)(=S)OC. The van der Waals surface area contributed by atoms with Crippen LogP contribution in [-0.2, 0) is 30.3 Å². The first-order valence-corrected chi connectivity index (χ1v) is 10.9. The molecule has 1 saturated heterocycles. The molecule has 3 N–H and O–H groups in total. The van der Waals surface area contributed by atoms with Crippen molar-refractivity contribution in [2.75, 3.05) is 20.0 Å². The number of nitrogens with two attached hydrogens (primary N) is 1. The lowest BCUT2D eigenvalue weighted by molar-refractivity contribution is -0.108. The number of ether oxygens (including phenoxy) is 2. The number of nitrogen functional groups attached to an aromatic ring is 1. The van der Waals surface area contributed by atoms with Crippen molar-refractivity contribution in [3.63, 3.8) is 0 Å². The molecule has 3 unspecified atom stereocenters. The maximum absolute atomic E-state index is 12.4. The Kier molecular flexibility index (Phi) is 6.61. The lowest BCUT2D eigenvalue weighted by Gasteiger charge is -2.34. The van der Waals surface area contributed by atoms with Gasteiger partial charge in [0, 0.05) is 26.0 Å². The van der Waals surface area contributed by atoms with Crippen LogP contribution in [0.4, 0.5) is 5.82 Å². The van der Waals surface area contributed by atoms with Gasteiger partial charge in [-0.05, 0) is 31.6 Å². The Morgan fingerprint density at radius 3 is 2.58 bits per heavy atom. The molecule has 1 aromatic heterocycles. The summed E-state index contributed by atoms with van der Waals surface area (Å²) >= 11 is 5.01. The van der Waals surface area contributed by atoms with E-state index >= 15 is 0 Å². The Bertz CT molecular complexity index is 753. The summed E-state index contributed by atoms with van der Waals surface area (Å²) < 4.78 is 23.9. The summed E-state index contributed by atoms with van der Waals surface area (Å²) in [6.07, 6.45) is 0.441. The van der Waals surface area contributed by atoms with Crippen LogP contribution in [0.1, 0.15) is 38.5 Å². The molecule has 1 aliphatic heterocycles. The number of hydrogen-bond donors (Lipinski definition) is 2. The second-order valence-electron chi connectivity index (χ2n) is 6.16. The molecule has 1 aromatic rings. The van der Waals surface area contributed by atoms with E-state index in [9.17, 15) is 9.69 Å². The number of hydrogen-bond acceptors (Lipinski definition) is 8.